The summed E-state index contributed by atoms with van der Waals surface area (Å²) in [6.07, 6.45) is 1.08. The van der Waals surface area contributed by atoms with Gasteiger partial charge in [-0.05, 0) is 34.1 Å². The van der Waals surface area contributed by atoms with Crippen LogP contribution in [0.1, 0.15) is 0 Å². The van der Waals surface area contributed by atoms with E-state index in [0.717, 1.165) is 6.08 Å². The van der Waals surface area contributed by atoms with Gasteiger partial charge < -0.3 is 10.6 Å². The molecule has 1 aromatic carbocycles. The van der Waals surface area contributed by atoms with E-state index in [4.69, 9.17) is 23.2 Å². The smallest absolute Gasteiger partial charge is 0.243 e. The number of halogens is 3. The number of carbonyl (C=O) groups excluding carboxylic acids is 2. The van der Waals surface area contributed by atoms with Gasteiger partial charge >= 0.3 is 0 Å². The van der Waals surface area contributed by atoms with E-state index in [2.05, 4.69) is 33.1 Å². The number of rotatable bonds is 4. The largest absolute Gasteiger partial charge is 0.343 e. The first-order valence-corrected chi connectivity index (χ1v) is 6.33. The van der Waals surface area contributed by atoms with Crippen LogP contribution in [0.25, 0.3) is 0 Å². The summed E-state index contributed by atoms with van der Waals surface area (Å²) < 4.78 is 0.559. The van der Waals surface area contributed by atoms with Crippen LogP contribution in [0.5, 0.6) is 0 Å². The fourth-order valence-corrected chi connectivity index (χ4v) is 1.79. The van der Waals surface area contributed by atoms with Gasteiger partial charge in [-0.15, -0.1) is 0 Å². The van der Waals surface area contributed by atoms with Crippen molar-refractivity contribution < 1.29 is 9.59 Å². The Morgan fingerprint density at radius 3 is 2.39 bits per heavy atom. The number of nitrogens with one attached hydrogen (secondary N) is 2. The Labute approximate surface area is 122 Å². The van der Waals surface area contributed by atoms with Crippen molar-refractivity contribution in [1.29, 1.82) is 0 Å². The van der Waals surface area contributed by atoms with E-state index in [1.807, 2.05) is 0 Å². The molecule has 2 N–H and O–H groups in total. The molecule has 18 heavy (non-hydrogen) atoms. The minimum Gasteiger partial charge on any atom is -0.343 e. The van der Waals surface area contributed by atoms with Crippen molar-refractivity contribution in [3.63, 3.8) is 0 Å². The highest BCUT2D eigenvalue weighted by molar-refractivity contribution is 9.10. The van der Waals surface area contributed by atoms with Gasteiger partial charge in [0.15, 0.2) is 0 Å². The molecule has 0 unspecified atom stereocenters. The van der Waals surface area contributed by atoms with Crippen LogP contribution in [0.2, 0.25) is 10.0 Å². The van der Waals surface area contributed by atoms with Crippen molar-refractivity contribution in [2.24, 2.45) is 0 Å². The number of hydrogen-bond acceptors (Lipinski definition) is 2. The van der Waals surface area contributed by atoms with Crippen molar-refractivity contribution >= 4 is 56.6 Å². The standard InChI is InChI=1S/C11H9BrCl2N2O2/c1-2-9(17)15-5-10(18)16-6-3-7(13)11(12)8(14)4-6/h2-4H,1,5H2,(H,15,17)(H,16,18). The predicted molar refractivity (Wildman–Crippen MR) is 76.0 cm³/mol. The molecule has 0 aliphatic rings. The number of carbonyl (C=O) groups is 2. The first kappa shape index (κ1) is 15.0. The van der Waals surface area contributed by atoms with Crippen LogP contribution in [0.15, 0.2) is 29.3 Å². The summed E-state index contributed by atoms with van der Waals surface area (Å²) in [7, 11) is 0. The lowest BCUT2D eigenvalue weighted by Crippen LogP contribution is -2.31. The third-order valence-corrected chi connectivity index (χ3v) is 3.78. The fraction of sp³-hybridized carbons (Fsp3) is 0.0909. The Balaban J connectivity index is 2.65. The van der Waals surface area contributed by atoms with E-state index in [-0.39, 0.29) is 12.5 Å². The molecule has 0 spiro atoms. The zero-order valence-electron chi connectivity index (χ0n) is 9.10. The van der Waals surface area contributed by atoms with Gasteiger partial charge in [-0.3, -0.25) is 9.59 Å². The summed E-state index contributed by atoms with van der Waals surface area (Å²) in [5.41, 5.74) is 0.450. The second-order valence-electron chi connectivity index (χ2n) is 3.22. The zero-order chi connectivity index (χ0) is 13.7. The molecule has 1 rings (SSSR count). The quantitative estimate of drug-likeness (QED) is 0.647. The molecule has 0 aliphatic heterocycles. The minimum absolute atomic E-state index is 0.157. The van der Waals surface area contributed by atoms with Crippen LogP contribution in [0.3, 0.4) is 0 Å². The number of anilines is 1. The highest BCUT2D eigenvalue weighted by atomic mass is 79.9. The first-order valence-electron chi connectivity index (χ1n) is 4.78. The molecule has 0 aliphatic carbocycles. The first-order chi connectivity index (χ1) is 8.43. The number of benzene rings is 1. The molecule has 96 valence electrons. The maximum Gasteiger partial charge on any atom is 0.243 e. The molecule has 0 heterocycles. The van der Waals surface area contributed by atoms with Gasteiger partial charge in [0.25, 0.3) is 0 Å². The maximum absolute atomic E-state index is 11.5. The van der Waals surface area contributed by atoms with E-state index in [1.54, 1.807) is 12.1 Å². The molecule has 0 saturated heterocycles. The summed E-state index contributed by atoms with van der Waals surface area (Å²) in [6.45, 7) is 3.11. The van der Waals surface area contributed by atoms with E-state index >= 15 is 0 Å². The molecule has 7 heteroatoms. The highest BCUT2D eigenvalue weighted by Gasteiger charge is 2.08. The van der Waals surface area contributed by atoms with Crippen LogP contribution in [0, 0.1) is 0 Å². The van der Waals surface area contributed by atoms with Gasteiger partial charge in [0, 0.05) is 5.69 Å². The van der Waals surface area contributed by atoms with E-state index in [1.165, 1.54) is 0 Å². The molecular formula is C11H9BrCl2N2O2. The Bertz CT molecular complexity index is 483. The second kappa shape index (κ2) is 6.78. The monoisotopic (exact) mass is 350 g/mol. The predicted octanol–water partition coefficient (Wildman–Crippen LogP) is 3.00. The minimum atomic E-state index is -0.419. The van der Waals surface area contributed by atoms with Crippen LogP contribution in [-0.4, -0.2) is 18.4 Å². The summed E-state index contributed by atoms with van der Waals surface area (Å²) >= 11 is 15.0. The highest BCUT2D eigenvalue weighted by Crippen LogP contribution is 2.33. The third kappa shape index (κ3) is 4.33. The lowest BCUT2D eigenvalue weighted by atomic mass is 10.3. The van der Waals surface area contributed by atoms with E-state index in [9.17, 15) is 9.59 Å². The Hall–Kier alpha value is -1.04. The summed E-state index contributed by atoms with van der Waals surface area (Å²) in [4.78, 5) is 22.3. The average Bonchev–Trinajstić information content (AvgIpc) is 2.32. The molecule has 0 aromatic heterocycles. The van der Waals surface area contributed by atoms with Crippen molar-refractivity contribution in [2.45, 2.75) is 0 Å². The van der Waals surface area contributed by atoms with Crippen molar-refractivity contribution in [2.75, 3.05) is 11.9 Å². The van der Waals surface area contributed by atoms with Crippen molar-refractivity contribution in [3.8, 4) is 0 Å². The van der Waals surface area contributed by atoms with Gasteiger partial charge in [-0.1, -0.05) is 29.8 Å². The van der Waals surface area contributed by atoms with Crippen molar-refractivity contribution in [3.05, 3.63) is 39.3 Å². The van der Waals surface area contributed by atoms with Crippen LogP contribution in [0.4, 0.5) is 5.69 Å². The van der Waals surface area contributed by atoms with Gasteiger partial charge in [0.05, 0.1) is 21.1 Å². The van der Waals surface area contributed by atoms with Crippen LogP contribution < -0.4 is 10.6 Å². The molecule has 0 radical (unpaired) electrons. The molecule has 4 nitrogen and oxygen atoms in total. The lowest BCUT2D eigenvalue weighted by molar-refractivity contribution is -0.121. The molecule has 0 bridgehead atoms. The molecular weight excluding hydrogens is 343 g/mol. The number of hydrogen-bond donors (Lipinski definition) is 2. The average molecular weight is 352 g/mol. The molecule has 0 fully saturated rings. The zero-order valence-corrected chi connectivity index (χ0v) is 12.2. The third-order valence-electron chi connectivity index (χ3n) is 1.88. The molecule has 2 amide bonds. The Morgan fingerprint density at radius 2 is 1.89 bits per heavy atom. The van der Waals surface area contributed by atoms with Gasteiger partial charge in [-0.25, -0.2) is 0 Å². The van der Waals surface area contributed by atoms with Gasteiger partial charge in [0.1, 0.15) is 0 Å². The molecule has 1 aromatic rings. The molecule has 0 saturated carbocycles. The fourth-order valence-electron chi connectivity index (χ4n) is 1.07. The van der Waals surface area contributed by atoms with E-state index < -0.39 is 5.91 Å². The Kier molecular flexibility index (Phi) is 5.65. The summed E-state index contributed by atoms with van der Waals surface area (Å²) in [5, 5.41) is 5.67. The SMILES string of the molecule is C=CC(=O)NCC(=O)Nc1cc(Cl)c(Br)c(Cl)c1. The van der Waals surface area contributed by atoms with Gasteiger partial charge in [-0.2, -0.15) is 0 Å². The molecule has 0 atom stereocenters. The Morgan fingerprint density at radius 1 is 1.33 bits per heavy atom. The van der Waals surface area contributed by atoms with E-state index in [0.29, 0.717) is 20.2 Å². The van der Waals surface area contributed by atoms with Crippen LogP contribution >= 0.6 is 39.1 Å². The normalized spacial score (nSPS) is 9.72. The summed E-state index contributed by atoms with van der Waals surface area (Å²) in [5.74, 6) is -0.809. The number of amides is 2. The second-order valence-corrected chi connectivity index (χ2v) is 4.83. The van der Waals surface area contributed by atoms with Crippen molar-refractivity contribution in [1.82, 2.24) is 5.32 Å². The topological polar surface area (TPSA) is 58.2 Å². The lowest BCUT2D eigenvalue weighted by Gasteiger charge is -2.08. The van der Waals surface area contributed by atoms with Crippen LogP contribution in [-0.2, 0) is 9.59 Å². The summed E-state index contributed by atoms with van der Waals surface area (Å²) in [6, 6.07) is 3.09. The van der Waals surface area contributed by atoms with Gasteiger partial charge in [0.2, 0.25) is 11.8 Å². The maximum atomic E-state index is 11.5.